The summed E-state index contributed by atoms with van der Waals surface area (Å²) < 4.78 is 27.5. The minimum absolute atomic E-state index is 0.132. The first kappa shape index (κ1) is 25.4. The summed E-state index contributed by atoms with van der Waals surface area (Å²) in [6, 6.07) is 13.9. The van der Waals surface area contributed by atoms with E-state index in [0.29, 0.717) is 25.2 Å². The van der Waals surface area contributed by atoms with Gasteiger partial charge >= 0.3 is 0 Å². The number of likely N-dealkylation sites (N-methyl/N-ethyl adjacent to an activating group) is 2. The van der Waals surface area contributed by atoms with Gasteiger partial charge in [0, 0.05) is 44.3 Å². The van der Waals surface area contributed by atoms with E-state index in [1.807, 2.05) is 61.6 Å². The summed E-state index contributed by atoms with van der Waals surface area (Å²) in [6.07, 6.45) is 3.43. The van der Waals surface area contributed by atoms with Crippen molar-refractivity contribution in [1.82, 2.24) is 19.5 Å². The molecule has 35 heavy (non-hydrogen) atoms. The van der Waals surface area contributed by atoms with Crippen molar-refractivity contribution >= 4 is 26.8 Å². The molecule has 2 heterocycles. The number of H-pyrrole nitrogens is 1. The molecular weight excluding hydrogens is 462 g/mol. The Balaban J connectivity index is 1.51. The highest BCUT2D eigenvalue weighted by Crippen LogP contribution is 2.37. The molecule has 0 saturated carbocycles. The predicted octanol–water partition coefficient (Wildman–Crippen LogP) is 2.59. The lowest BCUT2D eigenvalue weighted by atomic mass is 9.88. The van der Waals surface area contributed by atoms with Crippen molar-refractivity contribution in [3.8, 4) is 11.1 Å². The fraction of sp³-hybridized carbons (Fsp3) is 0.423. The standard InChI is InChI=1S/C26H35N5O3S/c1-28-10-13-30(2)14-15-35(33,34)31-11-8-20(9-12-31)24-18-29-25-22(24)16-21(17-23(25)26(27)32)19-6-4-3-5-7-19/h3-7,16-18,20,28-29H,8-15H2,1-2H3,(H2,27,32). The van der Waals surface area contributed by atoms with E-state index in [9.17, 15) is 13.2 Å². The van der Waals surface area contributed by atoms with Crippen molar-refractivity contribution in [3.05, 3.63) is 59.8 Å². The average molecular weight is 498 g/mol. The van der Waals surface area contributed by atoms with Gasteiger partial charge in [0.2, 0.25) is 10.0 Å². The molecule has 1 fully saturated rings. The van der Waals surface area contributed by atoms with Crippen LogP contribution < -0.4 is 11.1 Å². The summed E-state index contributed by atoms with van der Waals surface area (Å²) in [5.74, 6) is -0.130. The molecule has 8 nitrogen and oxygen atoms in total. The van der Waals surface area contributed by atoms with E-state index in [4.69, 9.17) is 5.73 Å². The van der Waals surface area contributed by atoms with Crippen molar-refractivity contribution in [2.45, 2.75) is 18.8 Å². The summed E-state index contributed by atoms with van der Waals surface area (Å²) in [5, 5.41) is 4.06. The molecule has 188 valence electrons. The molecule has 0 aliphatic carbocycles. The van der Waals surface area contributed by atoms with Crippen molar-refractivity contribution in [2.24, 2.45) is 5.73 Å². The molecule has 3 aromatic rings. The zero-order valence-corrected chi connectivity index (χ0v) is 21.3. The number of aromatic amines is 1. The minimum atomic E-state index is -3.30. The normalized spacial score (nSPS) is 15.7. The number of benzene rings is 2. The lowest BCUT2D eigenvalue weighted by Crippen LogP contribution is -2.41. The molecule has 1 aromatic heterocycles. The molecule has 9 heteroatoms. The number of hydrogen-bond donors (Lipinski definition) is 3. The average Bonchev–Trinajstić information content (AvgIpc) is 3.30. The van der Waals surface area contributed by atoms with Crippen LogP contribution in [0.2, 0.25) is 0 Å². The molecule has 0 unspecified atom stereocenters. The fourth-order valence-electron chi connectivity index (χ4n) is 4.84. The highest BCUT2D eigenvalue weighted by atomic mass is 32.2. The van der Waals surface area contributed by atoms with Crippen molar-refractivity contribution in [1.29, 1.82) is 0 Å². The molecule has 0 radical (unpaired) electrons. The molecule has 1 saturated heterocycles. The monoisotopic (exact) mass is 497 g/mol. The molecule has 0 bridgehead atoms. The number of carbonyl (C=O) groups excluding carboxylic acids is 1. The van der Waals surface area contributed by atoms with Crippen LogP contribution in [0.15, 0.2) is 48.7 Å². The number of aromatic nitrogens is 1. The van der Waals surface area contributed by atoms with Gasteiger partial charge in [-0.25, -0.2) is 12.7 Å². The number of amides is 1. The highest BCUT2D eigenvalue weighted by Gasteiger charge is 2.30. The molecular formula is C26H35N5O3S. The van der Waals surface area contributed by atoms with Crippen LogP contribution in [-0.2, 0) is 10.0 Å². The number of piperidine rings is 1. The molecule has 0 spiro atoms. The third-order valence-electron chi connectivity index (χ3n) is 6.96. The third kappa shape index (κ3) is 5.75. The van der Waals surface area contributed by atoms with E-state index in [1.165, 1.54) is 0 Å². The Hall–Kier alpha value is -2.72. The number of primary amides is 1. The van der Waals surface area contributed by atoms with E-state index in [0.717, 1.165) is 53.5 Å². The van der Waals surface area contributed by atoms with Crippen LogP contribution in [0.5, 0.6) is 0 Å². The second-order valence-corrected chi connectivity index (χ2v) is 11.4. The Bertz CT molecular complexity index is 1260. The summed E-state index contributed by atoms with van der Waals surface area (Å²) in [5.41, 5.74) is 10.0. The van der Waals surface area contributed by atoms with Gasteiger partial charge in [-0.15, -0.1) is 0 Å². The first-order valence-electron chi connectivity index (χ1n) is 12.1. The third-order valence-corrected chi connectivity index (χ3v) is 8.81. The van der Waals surface area contributed by atoms with Gasteiger partial charge in [0.25, 0.3) is 5.91 Å². The van der Waals surface area contributed by atoms with Crippen LogP contribution in [0.25, 0.3) is 22.0 Å². The second kappa shape index (κ2) is 10.9. The zero-order chi connectivity index (χ0) is 25.0. The Labute approximate surface area is 207 Å². The number of sulfonamides is 1. The maximum Gasteiger partial charge on any atom is 0.250 e. The van der Waals surface area contributed by atoms with Crippen LogP contribution >= 0.6 is 0 Å². The van der Waals surface area contributed by atoms with Gasteiger partial charge in [0.15, 0.2) is 0 Å². The van der Waals surface area contributed by atoms with Gasteiger partial charge in [0.05, 0.1) is 16.8 Å². The van der Waals surface area contributed by atoms with Gasteiger partial charge in [-0.05, 0) is 61.7 Å². The Kier molecular flexibility index (Phi) is 7.91. The molecule has 1 aliphatic heterocycles. The van der Waals surface area contributed by atoms with Gasteiger partial charge in [-0.3, -0.25) is 4.79 Å². The minimum Gasteiger partial charge on any atom is -0.366 e. The summed E-state index contributed by atoms with van der Waals surface area (Å²) in [4.78, 5) is 17.5. The Morgan fingerprint density at radius 3 is 2.51 bits per heavy atom. The maximum absolute atomic E-state index is 12.9. The van der Waals surface area contributed by atoms with E-state index in [2.05, 4.69) is 16.4 Å². The Morgan fingerprint density at radius 1 is 1.14 bits per heavy atom. The van der Waals surface area contributed by atoms with Crippen molar-refractivity contribution < 1.29 is 13.2 Å². The Morgan fingerprint density at radius 2 is 1.86 bits per heavy atom. The SMILES string of the molecule is CNCCN(C)CCS(=O)(=O)N1CCC(c2c[nH]c3c(C(N)=O)cc(-c4ccccc4)cc23)CC1. The van der Waals surface area contributed by atoms with Gasteiger partial charge < -0.3 is 20.9 Å². The summed E-state index contributed by atoms with van der Waals surface area (Å²) >= 11 is 0. The quantitative estimate of drug-likeness (QED) is 0.399. The van der Waals surface area contributed by atoms with Gasteiger partial charge in [0.1, 0.15) is 0 Å². The van der Waals surface area contributed by atoms with Gasteiger partial charge in [-0.1, -0.05) is 30.3 Å². The smallest absolute Gasteiger partial charge is 0.250 e. The van der Waals surface area contributed by atoms with Crippen LogP contribution in [0.3, 0.4) is 0 Å². The number of hydrogen-bond acceptors (Lipinski definition) is 5. The van der Waals surface area contributed by atoms with E-state index in [-0.39, 0.29) is 11.7 Å². The molecule has 1 aliphatic rings. The fourth-order valence-corrected chi connectivity index (χ4v) is 6.41. The topological polar surface area (TPSA) is 112 Å². The van der Waals surface area contributed by atoms with Gasteiger partial charge in [-0.2, -0.15) is 0 Å². The molecule has 0 atom stereocenters. The van der Waals surface area contributed by atoms with Crippen LogP contribution in [0.1, 0.15) is 34.7 Å². The lowest BCUT2D eigenvalue weighted by Gasteiger charge is -2.31. The molecule has 4 rings (SSSR count). The summed E-state index contributed by atoms with van der Waals surface area (Å²) in [6.45, 7) is 3.16. The summed E-state index contributed by atoms with van der Waals surface area (Å²) in [7, 11) is 0.536. The number of carbonyl (C=O) groups is 1. The van der Waals surface area contributed by atoms with E-state index < -0.39 is 15.9 Å². The highest BCUT2D eigenvalue weighted by molar-refractivity contribution is 7.89. The molecule has 1 amide bonds. The predicted molar refractivity (Wildman–Crippen MR) is 141 cm³/mol. The van der Waals surface area contributed by atoms with Crippen LogP contribution in [0, 0.1) is 0 Å². The van der Waals surface area contributed by atoms with Crippen LogP contribution in [-0.4, -0.2) is 81.1 Å². The van der Waals surface area contributed by atoms with E-state index >= 15 is 0 Å². The maximum atomic E-state index is 12.9. The number of nitrogens with zero attached hydrogens (tertiary/aromatic N) is 2. The second-order valence-electron chi connectivity index (χ2n) is 9.32. The first-order valence-corrected chi connectivity index (χ1v) is 13.7. The number of fused-ring (bicyclic) bond motifs is 1. The number of rotatable bonds is 10. The van der Waals surface area contributed by atoms with Crippen molar-refractivity contribution in [3.63, 3.8) is 0 Å². The lowest BCUT2D eigenvalue weighted by molar-refractivity contribution is 0.100. The van der Waals surface area contributed by atoms with E-state index in [1.54, 1.807) is 4.31 Å². The molecule has 4 N–H and O–H groups in total. The van der Waals surface area contributed by atoms with Crippen molar-refractivity contribution in [2.75, 3.05) is 52.6 Å². The zero-order valence-electron chi connectivity index (χ0n) is 20.5. The largest absolute Gasteiger partial charge is 0.366 e. The number of nitrogens with one attached hydrogen (secondary N) is 2. The molecule has 2 aromatic carbocycles. The first-order chi connectivity index (χ1) is 16.8. The van der Waals surface area contributed by atoms with Crippen LogP contribution in [0.4, 0.5) is 0 Å². The number of nitrogens with two attached hydrogens (primary N) is 1.